The van der Waals surface area contributed by atoms with Crippen molar-refractivity contribution in [1.82, 2.24) is 0 Å². The summed E-state index contributed by atoms with van der Waals surface area (Å²) in [7, 11) is 1.82. The van der Waals surface area contributed by atoms with Gasteiger partial charge in [-0.3, -0.25) is 9.09 Å². The van der Waals surface area contributed by atoms with Crippen LogP contribution in [0.25, 0.3) is 0 Å². The Bertz CT molecular complexity index is 331. The number of hydrogen-bond acceptors (Lipinski definition) is 3. The highest BCUT2D eigenvalue weighted by Gasteiger charge is 2.19. The Morgan fingerprint density at radius 1 is 1.44 bits per heavy atom. The Kier molecular flexibility index (Phi) is 5.35. The van der Waals surface area contributed by atoms with Crippen molar-refractivity contribution < 1.29 is 28.4 Å². The highest BCUT2D eigenvalue weighted by atomic mass is 31.2. The van der Waals surface area contributed by atoms with Gasteiger partial charge in [0.25, 0.3) is 0 Å². The van der Waals surface area contributed by atoms with Crippen LogP contribution in [0, 0.1) is 0 Å². The van der Waals surface area contributed by atoms with Gasteiger partial charge in [-0.1, -0.05) is 0 Å². The summed E-state index contributed by atoms with van der Waals surface area (Å²) in [4.78, 5) is 19.8. The molecule has 0 bridgehead atoms. The Morgan fingerprint density at radius 3 is 2.31 bits per heavy atom. The molecule has 0 fully saturated rings. The third-order valence-corrected chi connectivity index (χ3v) is 3.00. The van der Waals surface area contributed by atoms with Gasteiger partial charge >= 0.3 is 13.6 Å². The van der Waals surface area contributed by atoms with Crippen molar-refractivity contribution in [1.29, 1.82) is 0 Å². The lowest BCUT2D eigenvalue weighted by molar-refractivity contribution is -0.870. The number of carbonyl (C=O) groups is 1. The number of aliphatic carboxylic acids is 1. The zero-order valence-corrected chi connectivity index (χ0v) is 10.9. The third-order valence-electron chi connectivity index (χ3n) is 1.73. The molecule has 0 saturated heterocycles. The van der Waals surface area contributed by atoms with E-state index in [1.165, 1.54) is 6.92 Å². The van der Waals surface area contributed by atoms with E-state index in [1.807, 2.05) is 21.1 Å². The number of carboxylic acids is 1. The summed E-state index contributed by atoms with van der Waals surface area (Å²) < 4.78 is 16.8. The second-order valence-corrected chi connectivity index (χ2v) is 6.17. The molecule has 1 atom stereocenters. The Labute approximate surface area is 95.3 Å². The Hall–Kier alpha value is -0.680. The first kappa shape index (κ1) is 15.3. The molecule has 7 heteroatoms. The molecule has 0 heterocycles. The molecule has 0 spiro atoms. The molecule has 0 aliphatic heterocycles. The summed E-state index contributed by atoms with van der Waals surface area (Å²) in [6.45, 7) is 1.90. The Balaban J connectivity index is 4.32. The molecule has 1 unspecified atom stereocenters. The zero-order chi connectivity index (χ0) is 13.0. The second kappa shape index (κ2) is 5.59. The van der Waals surface area contributed by atoms with Gasteiger partial charge in [-0.05, 0) is 6.92 Å². The lowest BCUT2D eigenvalue weighted by atomic mass is 10.4. The molecule has 0 amide bonds. The fourth-order valence-electron chi connectivity index (χ4n) is 0.783. The quantitative estimate of drug-likeness (QED) is 0.416. The van der Waals surface area contributed by atoms with Crippen molar-refractivity contribution in [3.63, 3.8) is 0 Å². The summed E-state index contributed by atoms with van der Waals surface area (Å²) in [5, 5.41) is 8.54. The van der Waals surface area contributed by atoms with Gasteiger partial charge in [0, 0.05) is 11.4 Å². The molecule has 0 aliphatic rings. The summed E-state index contributed by atoms with van der Waals surface area (Å²) in [5.74, 6) is -0.477. The molecule has 16 heavy (non-hydrogen) atoms. The van der Waals surface area contributed by atoms with E-state index < -0.39 is 13.6 Å². The number of likely N-dealkylation sites (N-methyl/N-ethyl adjacent to an activating group) is 1. The first-order valence-electron chi connectivity index (χ1n) is 4.74. The van der Waals surface area contributed by atoms with Crippen molar-refractivity contribution in [2.75, 3.05) is 34.3 Å². The van der Waals surface area contributed by atoms with E-state index in [9.17, 15) is 14.3 Å². The van der Waals surface area contributed by atoms with Crippen molar-refractivity contribution in [2.45, 2.75) is 6.92 Å². The van der Waals surface area contributed by atoms with Crippen LogP contribution in [0.15, 0.2) is 11.4 Å². The van der Waals surface area contributed by atoms with Crippen molar-refractivity contribution >= 4 is 13.6 Å². The zero-order valence-electron chi connectivity index (χ0n) is 10.0. The van der Waals surface area contributed by atoms with E-state index in [1.54, 1.807) is 0 Å². The number of carboxylic acid groups (broad SMARTS) is 1. The van der Waals surface area contributed by atoms with Gasteiger partial charge in [-0.25, -0.2) is 4.79 Å². The minimum Gasteiger partial charge on any atom is -0.478 e. The standard InChI is InChI=1S/C9H18NO5P/c1-8(9(11)12)7-16(13,14)15-6-5-10(2,3)4/h7H,5-6H2,1-4H3,(H-,11,12,13,14)/p+1. The summed E-state index contributed by atoms with van der Waals surface area (Å²) in [6.07, 6.45) is 0. The fraction of sp³-hybridized carbons (Fsp3) is 0.667. The topological polar surface area (TPSA) is 83.8 Å². The van der Waals surface area contributed by atoms with Crippen LogP contribution >= 0.6 is 7.60 Å². The maximum atomic E-state index is 11.4. The van der Waals surface area contributed by atoms with Crippen molar-refractivity contribution in [2.24, 2.45) is 0 Å². The van der Waals surface area contributed by atoms with Gasteiger partial charge in [0.2, 0.25) is 0 Å². The molecule has 6 nitrogen and oxygen atoms in total. The summed E-state index contributed by atoms with van der Waals surface area (Å²) in [6, 6.07) is 0. The monoisotopic (exact) mass is 252 g/mol. The third kappa shape index (κ3) is 7.59. The van der Waals surface area contributed by atoms with E-state index in [-0.39, 0.29) is 12.2 Å². The van der Waals surface area contributed by atoms with Crippen LogP contribution in [0.2, 0.25) is 0 Å². The molecular formula is C9H19NO5P+. The van der Waals surface area contributed by atoms with Crippen LogP contribution in [-0.4, -0.2) is 54.7 Å². The first-order valence-corrected chi connectivity index (χ1v) is 6.38. The number of quaternary nitrogens is 1. The largest absolute Gasteiger partial charge is 0.478 e. The molecular weight excluding hydrogens is 233 g/mol. The van der Waals surface area contributed by atoms with Gasteiger partial charge in [-0.2, -0.15) is 0 Å². The van der Waals surface area contributed by atoms with Gasteiger partial charge in [0.05, 0.1) is 21.1 Å². The number of nitrogens with zero attached hydrogens (tertiary/aromatic N) is 1. The lowest BCUT2D eigenvalue weighted by Gasteiger charge is -2.23. The van der Waals surface area contributed by atoms with E-state index in [0.717, 1.165) is 5.82 Å². The molecule has 0 aromatic heterocycles. The molecule has 0 rings (SSSR count). The van der Waals surface area contributed by atoms with E-state index >= 15 is 0 Å². The predicted molar refractivity (Wildman–Crippen MR) is 60.1 cm³/mol. The summed E-state index contributed by atoms with van der Waals surface area (Å²) >= 11 is 0. The van der Waals surface area contributed by atoms with E-state index in [2.05, 4.69) is 0 Å². The highest BCUT2D eigenvalue weighted by Crippen LogP contribution is 2.44. The predicted octanol–water partition coefficient (Wildman–Crippen LogP) is 0.883. The van der Waals surface area contributed by atoms with Crippen LogP contribution in [0.5, 0.6) is 0 Å². The lowest BCUT2D eigenvalue weighted by Crippen LogP contribution is -2.37. The average molecular weight is 252 g/mol. The molecule has 2 N–H and O–H groups in total. The molecule has 94 valence electrons. The molecule has 0 saturated carbocycles. The van der Waals surface area contributed by atoms with Crippen LogP contribution in [0.4, 0.5) is 0 Å². The SMILES string of the molecule is CC(=CP(=O)(O)OCC[N+](C)(C)C)C(=O)O. The average Bonchev–Trinajstić information content (AvgIpc) is 1.99. The molecule has 0 radical (unpaired) electrons. The van der Waals surface area contributed by atoms with Gasteiger partial charge in [-0.15, -0.1) is 0 Å². The van der Waals surface area contributed by atoms with E-state index in [0.29, 0.717) is 11.0 Å². The van der Waals surface area contributed by atoms with Crippen molar-refractivity contribution in [3.8, 4) is 0 Å². The normalized spacial score (nSPS) is 16.9. The Morgan fingerprint density at radius 2 is 1.94 bits per heavy atom. The molecule has 0 aromatic rings. The fourth-order valence-corrected chi connectivity index (χ4v) is 1.80. The van der Waals surface area contributed by atoms with Crippen LogP contribution in [0.1, 0.15) is 6.92 Å². The van der Waals surface area contributed by atoms with Gasteiger partial charge in [0.15, 0.2) is 0 Å². The maximum absolute atomic E-state index is 11.4. The van der Waals surface area contributed by atoms with E-state index in [4.69, 9.17) is 9.63 Å². The molecule has 0 aromatic carbocycles. The minimum atomic E-state index is -3.94. The first-order chi connectivity index (χ1) is 7.03. The maximum Gasteiger partial charge on any atom is 0.352 e. The van der Waals surface area contributed by atoms with Crippen LogP contribution in [0.3, 0.4) is 0 Å². The van der Waals surface area contributed by atoms with Crippen LogP contribution < -0.4 is 0 Å². The highest BCUT2D eigenvalue weighted by molar-refractivity contribution is 7.56. The second-order valence-electron chi connectivity index (χ2n) is 4.53. The van der Waals surface area contributed by atoms with Crippen molar-refractivity contribution in [3.05, 3.63) is 11.4 Å². The van der Waals surface area contributed by atoms with Gasteiger partial charge in [0.1, 0.15) is 13.2 Å². The molecule has 0 aliphatic carbocycles. The van der Waals surface area contributed by atoms with Gasteiger partial charge < -0.3 is 14.5 Å². The minimum absolute atomic E-state index is 0.0979. The number of rotatable bonds is 6. The number of hydrogen-bond donors (Lipinski definition) is 2. The van der Waals surface area contributed by atoms with Crippen LogP contribution in [-0.2, 0) is 13.9 Å². The summed E-state index contributed by atoms with van der Waals surface area (Å²) in [5.41, 5.74) is -0.198. The smallest absolute Gasteiger partial charge is 0.352 e.